The molecular formula is C18H22O3. The molecule has 1 atom stereocenters. The maximum atomic E-state index is 10.4. The summed E-state index contributed by atoms with van der Waals surface area (Å²) in [5.74, 6) is 1.43. The third-order valence-corrected chi connectivity index (χ3v) is 3.58. The quantitative estimate of drug-likeness (QED) is 0.842. The van der Waals surface area contributed by atoms with Crippen LogP contribution in [0.25, 0.3) is 0 Å². The Balaban J connectivity index is 1.97. The Bertz CT molecular complexity index is 552. The molecule has 21 heavy (non-hydrogen) atoms. The van der Waals surface area contributed by atoms with E-state index in [0.29, 0.717) is 12.2 Å². The standard InChI is InChI=1S/C18H22O3/c1-20-15-11-12-18(21-2)16(13-15)17(19)10-6-9-14-7-4-3-5-8-14/h3-5,7-8,11-13,17,19H,6,9-10H2,1-2H3. The van der Waals surface area contributed by atoms with Crippen molar-refractivity contribution >= 4 is 0 Å². The number of benzene rings is 2. The highest BCUT2D eigenvalue weighted by Crippen LogP contribution is 2.31. The lowest BCUT2D eigenvalue weighted by Crippen LogP contribution is -2.02. The molecule has 0 spiro atoms. The Morgan fingerprint density at radius 1 is 1.00 bits per heavy atom. The Labute approximate surface area is 126 Å². The molecule has 0 heterocycles. The summed E-state index contributed by atoms with van der Waals surface area (Å²) in [7, 11) is 3.23. The highest BCUT2D eigenvalue weighted by Gasteiger charge is 2.14. The lowest BCUT2D eigenvalue weighted by molar-refractivity contribution is 0.160. The number of hydrogen-bond acceptors (Lipinski definition) is 3. The first-order chi connectivity index (χ1) is 10.2. The third kappa shape index (κ3) is 4.23. The predicted octanol–water partition coefficient (Wildman–Crippen LogP) is 3.76. The summed E-state index contributed by atoms with van der Waals surface area (Å²) < 4.78 is 10.5. The zero-order chi connectivity index (χ0) is 15.1. The maximum absolute atomic E-state index is 10.4. The molecule has 112 valence electrons. The number of aliphatic hydroxyl groups is 1. The summed E-state index contributed by atoms with van der Waals surface area (Å²) in [5.41, 5.74) is 2.08. The minimum Gasteiger partial charge on any atom is -0.497 e. The second-order valence-electron chi connectivity index (χ2n) is 5.00. The van der Waals surface area contributed by atoms with E-state index in [4.69, 9.17) is 9.47 Å². The second-order valence-corrected chi connectivity index (χ2v) is 5.00. The highest BCUT2D eigenvalue weighted by atomic mass is 16.5. The Morgan fingerprint density at radius 3 is 2.43 bits per heavy atom. The summed E-state index contributed by atoms with van der Waals surface area (Å²) in [5, 5.41) is 10.4. The van der Waals surface area contributed by atoms with Crippen LogP contribution in [0.5, 0.6) is 11.5 Å². The highest BCUT2D eigenvalue weighted by molar-refractivity contribution is 5.41. The van der Waals surface area contributed by atoms with Gasteiger partial charge in [0.25, 0.3) is 0 Å². The number of aliphatic hydroxyl groups excluding tert-OH is 1. The van der Waals surface area contributed by atoms with Gasteiger partial charge in [-0.15, -0.1) is 0 Å². The van der Waals surface area contributed by atoms with Gasteiger partial charge in [-0.1, -0.05) is 30.3 Å². The lowest BCUT2D eigenvalue weighted by atomic mass is 10.0. The van der Waals surface area contributed by atoms with E-state index in [1.165, 1.54) is 5.56 Å². The van der Waals surface area contributed by atoms with Crippen molar-refractivity contribution in [2.45, 2.75) is 25.4 Å². The number of methoxy groups -OCH3 is 2. The van der Waals surface area contributed by atoms with E-state index in [9.17, 15) is 5.11 Å². The van der Waals surface area contributed by atoms with Crippen LogP contribution >= 0.6 is 0 Å². The zero-order valence-corrected chi connectivity index (χ0v) is 12.6. The molecule has 0 aliphatic rings. The monoisotopic (exact) mass is 286 g/mol. The van der Waals surface area contributed by atoms with Gasteiger partial charge in [0, 0.05) is 5.56 Å². The van der Waals surface area contributed by atoms with Crippen molar-refractivity contribution in [1.82, 2.24) is 0 Å². The fourth-order valence-electron chi connectivity index (χ4n) is 2.40. The van der Waals surface area contributed by atoms with E-state index < -0.39 is 6.10 Å². The van der Waals surface area contributed by atoms with E-state index in [1.54, 1.807) is 14.2 Å². The molecule has 2 aromatic rings. The molecule has 0 amide bonds. The molecule has 0 aliphatic heterocycles. The van der Waals surface area contributed by atoms with Gasteiger partial charge in [0.05, 0.1) is 20.3 Å². The number of hydrogen-bond donors (Lipinski definition) is 1. The van der Waals surface area contributed by atoms with Gasteiger partial charge in [0.15, 0.2) is 0 Å². The molecule has 2 rings (SSSR count). The van der Waals surface area contributed by atoms with Crippen LogP contribution in [0.4, 0.5) is 0 Å². The molecule has 1 N–H and O–H groups in total. The van der Waals surface area contributed by atoms with Crippen molar-refractivity contribution in [3.05, 3.63) is 59.7 Å². The number of aryl methyl sites for hydroxylation is 1. The number of ether oxygens (including phenoxy) is 2. The summed E-state index contributed by atoms with van der Waals surface area (Å²) in [6.07, 6.45) is 2.03. The minimum atomic E-state index is -0.543. The first-order valence-corrected chi connectivity index (χ1v) is 7.18. The van der Waals surface area contributed by atoms with E-state index in [2.05, 4.69) is 12.1 Å². The van der Waals surface area contributed by atoms with Gasteiger partial charge in [0.2, 0.25) is 0 Å². The molecule has 0 saturated heterocycles. The Hall–Kier alpha value is -2.00. The molecule has 0 bridgehead atoms. The van der Waals surface area contributed by atoms with Crippen LogP contribution < -0.4 is 9.47 Å². The van der Waals surface area contributed by atoms with E-state index >= 15 is 0 Å². The molecule has 2 aromatic carbocycles. The second kappa shape index (κ2) is 7.70. The molecule has 0 aromatic heterocycles. The first-order valence-electron chi connectivity index (χ1n) is 7.18. The van der Waals surface area contributed by atoms with E-state index in [1.807, 2.05) is 36.4 Å². The molecule has 0 radical (unpaired) electrons. The van der Waals surface area contributed by atoms with Crippen LogP contribution in [0, 0.1) is 0 Å². The van der Waals surface area contributed by atoms with Crippen molar-refractivity contribution in [3.63, 3.8) is 0 Å². The average molecular weight is 286 g/mol. The molecule has 1 unspecified atom stereocenters. The maximum Gasteiger partial charge on any atom is 0.124 e. The van der Waals surface area contributed by atoms with Crippen molar-refractivity contribution < 1.29 is 14.6 Å². The van der Waals surface area contributed by atoms with E-state index in [-0.39, 0.29) is 0 Å². The van der Waals surface area contributed by atoms with Crippen molar-refractivity contribution in [2.75, 3.05) is 14.2 Å². The van der Waals surface area contributed by atoms with Crippen molar-refractivity contribution in [1.29, 1.82) is 0 Å². The van der Waals surface area contributed by atoms with Crippen molar-refractivity contribution in [2.24, 2.45) is 0 Å². The van der Waals surface area contributed by atoms with Gasteiger partial charge in [-0.3, -0.25) is 0 Å². The van der Waals surface area contributed by atoms with Gasteiger partial charge in [-0.05, 0) is 43.0 Å². The lowest BCUT2D eigenvalue weighted by Gasteiger charge is -2.16. The predicted molar refractivity (Wildman–Crippen MR) is 83.9 cm³/mol. The van der Waals surface area contributed by atoms with Gasteiger partial charge < -0.3 is 14.6 Å². The Kier molecular flexibility index (Phi) is 5.64. The molecule has 0 fully saturated rings. The van der Waals surface area contributed by atoms with Crippen LogP contribution in [0.2, 0.25) is 0 Å². The smallest absolute Gasteiger partial charge is 0.124 e. The SMILES string of the molecule is COc1ccc(OC)c(C(O)CCCc2ccccc2)c1. The fourth-order valence-corrected chi connectivity index (χ4v) is 2.40. The molecular weight excluding hydrogens is 264 g/mol. The van der Waals surface area contributed by atoms with Crippen LogP contribution in [0.1, 0.15) is 30.1 Å². The first kappa shape index (κ1) is 15.4. The largest absolute Gasteiger partial charge is 0.497 e. The molecule has 3 nitrogen and oxygen atoms in total. The molecule has 0 aliphatic carbocycles. The van der Waals surface area contributed by atoms with Crippen LogP contribution in [0.15, 0.2) is 48.5 Å². The molecule has 3 heteroatoms. The third-order valence-electron chi connectivity index (χ3n) is 3.58. The Morgan fingerprint density at radius 2 is 1.76 bits per heavy atom. The van der Waals surface area contributed by atoms with Crippen LogP contribution in [-0.4, -0.2) is 19.3 Å². The average Bonchev–Trinajstić information content (AvgIpc) is 2.55. The normalized spacial score (nSPS) is 12.0. The van der Waals surface area contributed by atoms with Crippen LogP contribution in [0.3, 0.4) is 0 Å². The van der Waals surface area contributed by atoms with Gasteiger partial charge in [-0.25, -0.2) is 0 Å². The van der Waals surface area contributed by atoms with Gasteiger partial charge in [-0.2, -0.15) is 0 Å². The molecule has 0 saturated carbocycles. The number of rotatable bonds is 7. The summed E-state index contributed by atoms with van der Waals surface area (Å²) in [6.45, 7) is 0. The van der Waals surface area contributed by atoms with E-state index in [0.717, 1.165) is 24.2 Å². The van der Waals surface area contributed by atoms with Gasteiger partial charge in [0.1, 0.15) is 11.5 Å². The summed E-state index contributed by atoms with van der Waals surface area (Å²) >= 11 is 0. The summed E-state index contributed by atoms with van der Waals surface area (Å²) in [4.78, 5) is 0. The zero-order valence-electron chi connectivity index (χ0n) is 12.6. The topological polar surface area (TPSA) is 38.7 Å². The van der Waals surface area contributed by atoms with Crippen molar-refractivity contribution in [3.8, 4) is 11.5 Å². The van der Waals surface area contributed by atoms with Gasteiger partial charge >= 0.3 is 0 Å². The summed E-state index contributed by atoms with van der Waals surface area (Å²) in [6, 6.07) is 15.8. The minimum absolute atomic E-state index is 0.543. The van der Waals surface area contributed by atoms with Crippen LogP contribution in [-0.2, 0) is 6.42 Å². The fraction of sp³-hybridized carbons (Fsp3) is 0.333.